The minimum atomic E-state index is -0.462. The van der Waals surface area contributed by atoms with Gasteiger partial charge in [-0.2, -0.15) is 0 Å². The zero-order valence-corrected chi connectivity index (χ0v) is 12.9. The Morgan fingerprint density at radius 3 is 2.52 bits per heavy atom. The number of carbonyl (C=O) groups excluding carboxylic acids is 2. The van der Waals surface area contributed by atoms with Crippen molar-refractivity contribution in [2.75, 3.05) is 6.61 Å². The minimum Gasteiger partial charge on any atom is -0.461 e. The van der Waals surface area contributed by atoms with Gasteiger partial charge in [0.15, 0.2) is 5.78 Å². The highest BCUT2D eigenvalue weighted by Crippen LogP contribution is 2.25. The number of benzene rings is 1. The minimum absolute atomic E-state index is 0.206. The summed E-state index contributed by atoms with van der Waals surface area (Å²) in [4.78, 5) is 27.4. The number of ether oxygens (including phenoxy) is 1. The molecule has 1 heterocycles. The van der Waals surface area contributed by atoms with Gasteiger partial charge in [-0.15, -0.1) is 0 Å². The number of rotatable bonds is 4. The zero-order valence-electron chi connectivity index (χ0n) is 12.1. The average Bonchev–Trinajstić information content (AvgIpc) is 2.74. The molecule has 1 aromatic carbocycles. The molecule has 0 spiro atoms. The van der Waals surface area contributed by atoms with Crippen molar-refractivity contribution in [3.63, 3.8) is 0 Å². The molecule has 0 aliphatic carbocycles. The maximum Gasteiger partial charge on any atom is 0.355 e. The number of aryl methyl sites for hydroxylation is 1. The molecule has 0 saturated carbocycles. The molecule has 2 rings (SSSR count). The molecule has 0 aliphatic rings. The third kappa shape index (κ3) is 2.85. The second kappa shape index (κ2) is 6.14. The number of ketones is 1. The standard InChI is InChI=1S/C16H16ClNO3/c1-4-21-16(20)14-9(2)13(10(3)18-14)15(19)11-7-5-6-8-12(11)17/h5-8,18H,4H2,1-3H3. The maximum atomic E-state index is 12.6. The fraction of sp³-hybridized carbons (Fsp3) is 0.250. The Labute approximate surface area is 128 Å². The number of halogens is 1. The van der Waals surface area contributed by atoms with E-state index in [1.807, 2.05) is 0 Å². The van der Waals surface area contributed by atoms with E-state index in [9.17, 15) is 9.59 Å². The SMILES string of the molecule is CCOC(=O)c1[nH]c(C)c(C(=O)c2ccccc2Cl)c1C. The third-order valence-electron chi connectivity index (χ3n) is 3.26. The van der Waals surface area contributed by atoms with Gasteiger partial charge in [-0.1, -0.05) is 23.7 Å². The van der Waals surface area contributed by atoms with Crippen LogP contribution in [-0.2, 0) is 4.74 Å². The molecule has 0 saturated heterocycles. The fourth-order valence-electron chi connectivity index (χ4n) is 2.28. The summed E-state index contributed by atoms with van der Waals surface area (Å²) >= 11 is 6.07. The number of H-pyrrole nitrogens is 1. The predicted molar refractivity (Wildman–Crippen MR) is 81.1 cm³/mol. The molecule has 0 radical (unpaired) electrons. The predicted octanol–water partition coefficient (Wildman–Crippen LogP) is 3.69. The van der Waals surface area contributed by atoms with E-state index in [2.05, 4.69) is 4.98 Å². The molecule has 0 atom stereocenters. The van der Waals surface area contributed by atoms with E-state index in [-0.39, 0.29) is 12.4 Å². The van der Waals surface area contributed by atoms with Crippen LogP contribution in [0.15, 0.2) is 24.3 Å². The Bertz CT molecular complexity index is 704. The highest BCUT2D eigenvalue weighted by atomic mass is 35.5. The smallest absolute Gasteiger partial charge is 0.355 e. The number of aromatic nitrogens is 1. The molecule has 21 heavy (non-hydrogen) atoms. The van der Waals surface area contributed by atoms with Crippen LogP contribution in [0.3, 0.4) is 0 Å². The first kappa shape index (κ1) is 15.3. The monoisotopic (exact) mass is 305 g/mol. The van der Waals surface area contributed by atoms with Crippen LogP contribution < -0.4 is 0 Å². The molecule has 1 N–H and O–H groups in total. The number of nitrogens with one attached hydrogen (secondary N) is 1. The van der Waals surface area contributed by atoms with E-state index >= 15 is 0 Å². The molecule has 0 unspecified atom stereocenters. The van der Waals surface area contributed by atoms with Gasteiger partial charge in [0.1, 0.15) is 5.69 Å². The first-order valence-corrected chi connectivity index (χ1v) is 7.00. The Kier molecular flexibility index (Phi) is 4.48. The normalized spacial score (nSPS) is 10.5. The van der Waals surface area contributed by atoms with Gasteiger partial charge in [0.05, 0.1) is 11.6 Å². The van der Waals surface area contributed by atoms with Crippen LogP contribution in [0.4, 0.5) is 0 Å². The maximum absolute atomic E-state index is 12.6. The van der Waals surface area contributed by atoms with Crippen LogP contribution in [-0.4, -0.2) is 23.3 Å². The van der Waals surface area contributed by atoms with Crippen molar-refractivity contribution in [2.45, 2.75) is 20.8 Å². The van der Waals surface area contributed by atoms with Crippen LogP contribution in [0, 0.1) is 13.8 Å². The number of esters is 1. The van der Waals surface area contributed by atoms with Crippen molar-refractivity contribution in [1.82, 2.24) is 4.98 Å². The van der Waals surface area contributed by atoms with Gasteiger partial charge in [0, 0.05) is 16.8 Å². The van der Waals surface area contributed by atoms with Crippen LogP contribution in [0.25, 0.3) is 0 Å². The molecule has 4 nitrogen and oxygen atoms in total. The molecular formula is C16H16ClNO3. The van der Waals surface area contributed by atoms with E-state index < -0.39 is 5.97 Å². The van der Waals surface area contributed by atoms with Gasteiger partial charge >= 0.3 is 5.97 Å². The van der Waals surface area contributed by atoms with E-state index in [1.165, 1.54) is 0 Å². The number of carbonyl (C=O) groups is 2. The largest absolute Gasteiger partial charge is 0.461 e. The summed E-state index contributed by atoms with van der Waals surface area (Å²) in [6, 6.07) is 6.85. The molecule has 110 valence electrons. The van der Waals surface area contributed by atoms with Crippen molar-refractivity contribution in [1.29, 1.82) is 0 Å². The van der Waals surface area contributed by atoms with E-state index in [4.69, 9.17) is 16.3 Å². The summed E-state index contributed by atoms with van der Waals surface area (Å²) in [5.41, 5.74) is 2.40. The van der Waals surface area contributed by atoms with E-state index in [0.29, 0.717) is 33.1 Å². The number of aromatic amines is 1. The summed E-state index contributed by atoms with van der Waals surface area (Å²) in [6.45, 7) is 5.49. The van der Waals surface area contributed by atoms with Gasteiger partial charge in [-0.3, -0.25) is 4.79 Å². The molecule has 0 aliphatic heterocycles. The molecule has 0 fully saturated rings. The van der Waals surface area contributed by atoms with Gasteiger partial charge in [-0.25, -0.2) is 4.79 Å². The number of hydrogen-bond donors (Lipinski definition) is 1. The first-order chi connectivity index (χ1) is 9.97. The first-order valence-electron chi connectivity index (χ1n) is 6.62. The summed E-state index contributed by atoms with van der Waals surface area (Å²) in [5.74, 6) is -0.668. The van der Waals surface area contributed by atoms with Crippen molar-refractivity contribution in [3.8, 4) is 0 Å². The van der Waals surface area contributed by atoms with Crippen molar-refractivity contribution in [3.05, 3.63) is 57.4 Å². The Hall–Kier alpha value is -2.07. The fourth-order valence-corrected chi connectivity index (χ4v) is 2.50. The summed E-state index contributed by atoms with van der Waals surface area (Å²) in [7, 11) is 0. The lowest BCUT2D eigenvalue weighted by Crippen LogP contribution is -2.08. The second-order valence-corrected chi connectivity index (χ2v) is 5.06. The summed E-state index contributed by atoms with van der Waals surface area (Å²) in [5, 5.41) is 0.389. The van der Waals surface area contributed by atoms with Crippen LogP contribution in [0.2, 0.25) is 5.02 Å². The molecule has 0 amide bonds. The summed E-state index contributed by atoms with van der Waals surface area (Å²) in [6.07, 6.45) is 0. The van der Waals surface area contributed by atoms with Gasteiger partial charge in [0.2, 0.25) is 0 Å². The van der Waals surface area contributed by atoms with Crippen molar-refractivity contribution < 1.29 is 14.3 Å². The third-order valence-corrected chi connectivity index (χ3v) is 3.59. The van der Waals surface area contributed by atoms with Crippen LogP contribution in [0.5, 0.6) is 0 Å². The lowest BCUT2D eigenvalue weighted by atomic mass is 9.99. The van der Waals surface area contributed by atoms with Gasteiger partial charge in [0.25, 0.3) is 0 Å². The highest BCUT2D eigenvalue weighted by Gasteiger charge is 2.24. The molecule has 0 bridgehead atoms. The quantitative estimate of drug-likeness (QED) is 0.692. The van der Waals surface area contributed by atoms with Crippen LogP contribution >= 0.6 is 11.6 Å². The van der Waals surface area contributed by atoms with Gasteiger partial charge < -0.3 is 9.72 Å². The topological polar surface area (TPSA) is 59.2 Å². The lowest BCUT2D eigenvalue weighted by Gasteiger charge is -2.04. The molecule has 1 aromatic heterocycles. The lowest BCUT2D eigenvalue weighted by molar-refractivity contribution is 0.0519. The molecular weight excluding hydrogens is 290 g/mol. The Morgan fingerprint density at radius 1 is 1.24 bits per heavy atom. The van der Waals surface area contributed by atoms with Crippen molar-refractivity contribution in [2.24, 2.45) is 0 Å². The van der Waals surface area contributed by atoms with Crippen LogP contribution in [0.1, 0.15) is 44.6 Å². The van der Waals surface area contributed by atoms with E-state index in [0.717, 1.165) is 0 Å². The second-order valence-electron chi connectivity index (χ2n) is 4.65. The van der Waals surface area contributed by atoms with Crippen molar-refractivity contribution >= 4 is 23.4 Å². The number of hydrogen-bond acceptors (Lipinski definition) is 3. The summed E-state index contributed by atoms with van der Waals surface area (Å²) < 4.78 is 4.98. The Balaban J connectivity index is 2.48. The van der Waals surface area contributed by atoms with Gasteiger partial charge in [-0.05, 0) is 38.5 Å². The molecule has 2 aromatic rings. The highest BCUT2D eigenvalue weighted by molar-refractivity contribution is 6.35. The molecule has 5 heteroatoms. The van der Waals surface area contributed by atoms with E-state index in [1.54, 1.807) is 45.0 Å². The zero-order chi connectivity index (χ0) is 15.6. The average molecular weight is 306 g/mol. The Morgan fingerprint density at radius 2 is 1.90 bits per heavy atom.